The van der Waals surface area contributed by atoms with Gasteiger partial charge in [-0.05, 0) is 49.4 Å². The van der Waals surface area contributed by atoms with E-state index in [4.69, 9.17) is 18.9 Å². The van der Waals surface area contributed by atoms with Gasteiger partial charge in [0.15, 0.2) is 11.5 Å². The van der Waals surface area contributed by atoms with E-state index in [0.29, 0.717) is 29.4 Å². The molecule has 3 rings (SSSR count). The highest BCUT2D eigenvalue weighted by Crippen LogP contribution is 2.39. The van der Waals surface area contributed by atoms with Crippen LogP contribution < -0.4 is 29.2 Å². The van der Waals surface area contributed by atoms with Crippen molar-refractivity contribution in [3.05, 3.63) is 42.0 Å². The number of nitrogens with one attached hydrogen (secondary N) is 1. The first-order valence-corrected chi connectivity index (χ1v) is 10.8. The van der Waals surface area contributed by atoms with Gasteiger partial charge in [0, 0.05) is 38.4 Å². The van der Waals surface area contributed by atoms with Gasteiger partial charge in [-0.1, -0.05) is 0 Å². The summed E-state index contributed by atoms with van der Waals surface area (Å²) in [6.07, 6.45) is 0.879. The van der Waals surface area contributed by atoms with Crippen molar-refractivity contribution in [1.82, 2.24) is 10.2 Å². The van der Waals surface area contributed by atoms with Crippen molar-refractivity contribution in [3.8, 4) is 23.0 Å². The van der Waals surface area contributed by atoms with Crippen LogP contribution in [-0.4, -0.2) is 78.5 Å². The fourth-order valence-corrected chi connectivity index (χ4v) is 3.90. The third-order valence-corrected chi connectivity index (χ3v) is 5.70. The van der Waals surface area contributed by atoms with Crippen LogP contribution in [0.2, 0.25) is 0 Å². The van der Waals surface area contributed by atoms with Gasteiger partial charge in [0.05, 0.1) is 34.0 Å². The summed E-state index contributed by atoms with van der Waals surface area (Å²) < 4.78 is 21.3. The van der Waals surface area contributed by atoms with E-state index >= 15 is 0 Å². The van der Waals surface area contributed by atoms with Gasteiger partial charge in [0.1, 0.15) is 5.75 Å². The average Bonchev–Trinajstić information content (AvgIpc) is 2.85. The van der Waals surface area contributed by atoms with Crippen molar-refractivity contribution in [3.63, 3.8) is 0 Å². The minimum atomic E-state index is -0.188. The molecule has 1 amide bonds. The Balaban J connectivity index is 1.43. The second-order valence-electron chi connectivity index (χ2n) is 7.52. The molecule has 174 valence electrons. The van der Waals surface area contributed by atoms with Crippen LogP contribution in [0.25, 0.3) is 0 Å². The van der Waals surface area contributed by atoms with Crippen LogP contribution >= 0.6 is 0 Å². The van der Waals surface area contributed by atoms with E-state index in [9.17, 15) is 4.79 Å². The number of piperazine rings is 1. The SMILES string of the molecule is COc1ccc(N2CCN(CCCNC(=O)c3ccc(OC)c(OC)c3OC)CC2)cc1. The molecule has 0 unspecified atom stereocenters. The smallest absolute Gasteiger partial charge is 0.255 e. The lowest BCUT2D eigenvalue weighted by Crippen LogP contribution is -2.47. The number of methoxy groups -OCH3 is 4. The van der Waals surface area contributed by atoms with E-state index in [2.05, 4.69) is 27.2 Å². The summed E-state index contributed by atoms with van der Waals surface area (Å²) in [6.45, 7) is 5.52. The first kappa shape index (κ1) is 23.5. The van der Waals surface area contributed by atoms with E-state index in [1.54, 1.807) is 26.4 Å². The molecular weight excluding hydrogens is 410 g/mol. The van der Waals surface area contributed by atoms with Crippen LogP contribution in [-0.2, 0) is 0 Å². The molecule has 8 heteroatoms. The Hall–Kier alpha value is -3.13. The van der Waals surface area contributed by atoms with Crippen molar-refractivity contribution in [2.75, 3.05) is 72.6 Å². The van der Waals surface area contributed by atoms with Crippen LogP contribution in [0, 0.1) is 0 Å². The number of ether oxygens (including phenoxy) is 4. The van der Waals surface area contributed by atoms with Crippen LogP contribution in [0.15, 0.2) is 36.4 Å². The standard InChI is InChI=1S/C24H33N3O5/c1-29-19-8-6-18(7-9-19)27-16-14-26(15-17-27)13-5-12-25-24(28)20-10-11-21(30-2)23(32-4)22(20)31-3/h6-11H,5,12-17H2,1-4H3,(H,25,28). The third kappa shape index (κ3) is 5.56. The minimum absolute atomic E-state index is 0.188. The number of anilines is 1. The van der Waals surface area contributed by atoms with Gasteiger partial charge in [-0.3, -0.25) is 9.69 Å². The highest BCUT2D eigenvalue weighted by atomic mass is 16.5. The second-order valence-corrected chi connectivity index (χ2v) is 7.52. The van der Waals surface area contributed by atoms with Crippen LogP contribution in [0.5, 0.6) is 23.0 Å². The molecule has 32 heavy (non-hydrogen) atoms. The summed E-state index contributed by atoms with van der Waals surface area (Å²) in [5.74, 6) is 2.00. The summed E-state index contributed by atoms with van der Waals surface area (Å²) in [4.78, 5) is 17.5. The van der Waals surface area contributed by atoms with Crippen LogP contribution in [0.3, 0.4) is 0 Å². The Morgan fingerprint density at radius 2 is 1.53 bits per heavy atom. The fourth-order valence-electron chi connectivity index (χ4n) is 3.90. The molecule has 1 saturated heterocycles. The highest BCUT2D eigenvalue weighted by Gasteiger charge is 2.21. The number of hydrogen-bond donors (Lipinski definition) is 1. The Morgan fingerprint density at radius 1 is 0.844 bits per heavy atom. The highest BCUT2D eigenvalue weighted by molar-refractivity contribution is 5.98. The van der Waals surface area contributed by atoms with Gasteiger partial charge in [-0.25, -0.2) is 0 Å². The molecule has 0 aliphatic carbocycles. The average molecular weight is 444 g/mol. The number of nitrogens with zero attached hydrogens (tertiary/aromatic N) is 2. The zero-order valence-electron chi connectivity index (χ0n) is 19.3. The summed E-state index contributed by atoms with van der Waals surface area (Å²) in [5.41, 5.74) is 1.65. The molecule has 0 saturated carbocycles. The number of rotatable bonds is 10. The zero-order valence-corrected chi connectivity index (χ0v) is 19.3. The molecule has 0 aromatic heterocycles. The summed E-state index contributed by atoms with van der Waals surface area (Å²) >= 11 is 0. The van der Waals surface area contributed by atoms with Gasteiger partial charge in [0.25, 0.3) is 5.91 Å². The van der Waals surface area contributed by atoms with Gasteiger partial charge < -0.3 is 29.2 Å². The molecule has 2 aromatic carbocycles. The van der Waals surface area contributed by atoms with Gasteiger partial charge >= 0.3 is 0 Å². The van der Waals surface area contributed by atoms with Gasteiger partial charge in [-0.15, -0.1) is 0 Å². The molecule has 1 aliphatic heterocycles. The lowest BCUT2D eigenvalue weighted by molar-refractivity contribution is 0.0947. The monoisotopic (exact) mass is 443 g/mol. The normalized spacial score (nSPS) is 14.1. The molecule has 8 nitrogen and oxygen atoms in total. The molecule has 1 fully saturated rings. The lowest BCUT2D eigenvalue weighted by atomic mass is 10.1. The third-order valence-electron chi connectivity index (χ3n) is 5.70. The van der Waals surface area contributed by atoms with Crippen molar-refractivity contribution in [1.29, 1.82) is 0 Å². The van der Waals surface area contributed by atoms with Crippen LogP contribution in [0.1, 0.15) is 16.8 Å². The Morgan fingerprint density at radius 3 is 2.12 bits per heavy atom. The molecule has 0 atom stereocenters. The molecule has 0 spiro atoms. The Bertz CT molecular complexity index is 880. The van der Waals surface area contributed by atoms with Crippen molar-refractivity contribution >= 4 is 11.6 Å². The molecule has 2 aromatic rings. The Kier molecular flexibility index (Phi) is 8.44. The molecule has 1 heterocycles. The molecule has 0 radical (unpaired) electrons. The van der Waals surface area contributed by atoms with E-state index in [0.717, 1.165) is 44.9 Å². The first-order chi connectivity index (χ1) is 15.6. The predicted molar refractivity (Wildman–Crippen MR) is 125 cm³/mol. The number of hydrogen-bond acceptors (Lipinski definition) is 7. The maximum atomic E-state index is 12.7. The van der Waals surface area contributed by atoms with E-state index < -0.39 is 0 Å². The molecule has 1 N–H and O–H groups in total. The van der Waals surface area contributed by atoms with E-state index in [-0.39, 0.29) is 5.91 Å². The van der Waals surface area contributed by atoms with E-state index in [1.165, 1.54) is 19.9 Å². The lowest BCUT2D eigenvalue weighted by Gasteiger charge is -2.36. The maximum Gasteiger partial charge on any atom is 0.255 e. The number of amides is 1. The maximum absolute atomic E-state index is 12.7. The van der Waals surface area contributed by atoms with Gasteiger partial charge in [-0.2, -0.15) is 0 Å². The minimum Gasteiger partial charge on any atom is -0.497 e. The molecule has 0 bridgehead atoms. The van der Waals surface area contributed by atoms with E-state index in [1.807, 2.05) is 12.1 Å². The van der Waals surface area contributed by atoms with Crippen molar-refractivity contribution in [2.45, 2.75) is 6.42 Å². The van der Waals surface area contributed by atoms with Crippen molar-refractivity contribution < 1.29 is 23.7 Å². The summed E-state index contributed by atoms with van der Waals surface area (Å²) in [5, 5.41) is 2.98. The number of carbonyl (C=O) groups is 1. The zero-order chi connectivity index (χ0) is 22.9. The summed E-state index contributed by atoms with van der Waals surface area (Å²) in [6, 6.07) is 11.6. The van der Waals surface area contributed by atoms with Gasteiger partial charge in [0.2, 0.25) is 5.75 Å². The molecule has 1 aliphatic rings. The quantitative estimate of drug-likeness (QED) is 0.566. The Labute approximate surface area is 190 Å². The number of benzene rings is 2. The fraction of sp³-hybridized carbons (Fsp3) is 0.458. The van der Waals surface area contributed by atoms with Crippen LogP contribution in [0.4, 0.5) is 5.69 Å². The first-order valence-electron chi connectivity index (χ1n) is 10.8. The molecular formula is C24H33N3O5. The topological polar surface area (TPSA) is 72.5 Å². The summed E-state index contributed by atoms with van der Waals surface area (Å²) in [7, 11) is 6.27. The van der Waals surface area contributed by atoms with Crippen molar-refractivity contribution in [2.24, 2.45) is 0 Å². The number of carbonyl (C=O) groups excluding carboxylic acids is 1. The largest absolute Gasteiger partial charge is 0.497 e. The second kappa shape index (κ2) is 11.5. The predicted octanol–water partition coefficient (Wildman–Crippen LogP) is 2.66.